The van der Waals surface area contributed by atoms with Crippen molar-refractivity contribution in [3.63, 3.8) is 0 Å². The Hall–Kier alpha value is -3.71. The highest BCUT2D eigenvalue weighted by atomic mass is 32.1. The van der Waals surface area contributed by atoms with E-state index in [1.54, 1.807) is 42.2 Å². The van der Waals surface area contributed by atoms with Crippen molar-refractivity contribution in [2.45, 2.75) is 37.9 Å². The molecule has 0 radical (unpaired) electrons. The van der Waals surface area contributed by atoms with Gasteiger partial charge in [0.25, 0.3) is 5.91 Å². The molecular weight excluding hydrogens is 479 g/mol. The number of hydrogen-bond donors (Lipinski definition) is 0. The number of rotatable bonds is 5. The minimum atomic E-state index is -4.75. The number of thiocarbonyl (C=S) groups is 1. The Morgan fingerprint density at radius 1 is 1.20 bits per heavy atom. The third-order valence-corrected chi connectivity index (χ3v) is 6.47. The second kappa shape index (κ2) is 9.15. The van der Waals surface area contributed by atoms with Gasteiger partial charge in [-0.05, 0) is 74.3 Å². The van der Waals surface area contributed by atoms with Crippen LogP contribution in [0.25, 0.3) is 10.9 Å². The Morgan fingerprint density at radius 3 is 2.40 bits per heavy atom. The molecule has 0 unspecified atom stereocenters. The first-order chi connectivity index (χ1) is 16.6. The van der Waals surface area contributed by atoms with E-state index in [2.05, 4.69) is 4.85 Å². The van der Waals surface area contributed by atoms with Crippen molar-refractivity contribution < 1.29 is 27.5 Å². The fraction of sp³-hybridized carbons (Fsp3) is 0.280. The van der Waals surface area contributed by atoms with Crippen LogP contribution in [0.4, 0.5) is 30.2 Å². The molecule has 35 heavy (non-hydrogen) atoms. The van der Waals surface area contributed by atoms with Crippen LogP contribution in [-0.4, -0.2) is 29.1 Å². The molecule has 4 rings (SSSR count). The molecule has 1 saturated heterocycles. The maximum atomic E-state index is 13.5. The van der Waals surface area contributed by atoms with Gasteiger partial charge in [-0.3, -0.25) is 9.69 Å². The lowest BCUT2D eigenvalue weighted by Gasteiger charge is -2.43. The van der Waals surface area contributed by atoms with E-state index < -0.39 is 28.9 Å². The molecule has 1 amide bonds. The molecule has 0 N–H and O–H groups in total. The van der Waals surface area contributed by atoms with Gasteiger partial charge in [-0.25, -0.2) is 9.64 Å². The summed E-state index contributed by atoms with van der Waals surface area (Å²) in [6.45, 7) is 9.02. The van der Waals surface area contributed by atoms with E-state index in [0.717, 1.165) is 29.0 Å². The SMILES string of the molecule is [C-]#[N+]c1ccc(N2C(=O)C3(CCC3)N(c3ccc(C=CC(=O)OCC)cc3)C2=S)cc1C(F)(F)F. The first-order valence-electron chi connectivity index (χ1n) is 10.8. The topological polar surface area (TPSA) is 54.2 Å². The molecule has 6 nitrogen and oxygen atoms in total. The molecule has 0 atom stereocenters. The average Bonchev–Trinajstić information content (AvgIpc) is 3.04. The van der Waals surface area contributed by atoms with Gasteiger partial charge in [0.05, 0.1) is 18.7 Å². The van der Waals surface area contributed by atoms with Gasteiger partial charge in [-0.15, -0.1) is 0 Å². The Bertz CT molecular complexity index is 1260. The number of halogens is 3. The lowest BCUT2D eigenvalue weighted by Crippen LogP contribution is -2.55. The molecule has 2 aromatic rings. The summed E-state index contributed by atoms with van der Waals surface area (Å²) in [4.78, 5) is 30.8. The molecule has 180 valence electrons. The minimum Gasteiger partial charge on any atom is -0.463 e. The van der Waals surface area contributed by atoms with Crippen LogP contribution in [0.2, 0.25) is 0 Å². The molecule has 2 fully saturated rings. The first-order valence-corrected chi connectivity index (χ1v) is 11.3. The number of carbonyl (C=O) groups is 2. The highest BCUT2D eigenvalue weighted by molar-refractivity contribution is 7.81. The van der Waals surface area contributed by atoms with Gasteiger partial charge in [-0.2, -0.15) is 13.2 Å². The number of amides is 1. The third kappa shape index (κ3) is 4.28. The van der Waals surface area contributed by atoms with Crippen LogP contribution < -0.4 is 9.80 Å². The summed E-state index contributed by atoms with van der Waals surface area (Å²) in [7, 11) is 0. The molecule has 1 saturated carbocycles. The first kappa shape index (κ1) is 24.4. The number of anilines is 2. The number of alkyl halides is 3. The third-order valence-electron chi connectivity index (χ3n) is 6.11. The average molecular weight is 500 g/mol. The van der Waals surface area contributed by atoms with Crippen LogP contribution in [0.3, 0.4) is 0 Å². The maximum absolute atomic E-state index is 13.5. The monoisotopic (exact) mass is 499 g/mol. The van der Waals surface area contributed by atoms with Gasteiger partial charge in [0, 0.05) is 17.5 Å². The number of hydrogen-bond acceptors (Lipinski definition) is 4. The predicted octanol–water partition coefficient (Wildman–Crippen LogP) is 5.89. The second-order valence-corrected chi connectivity index (χ2v) is 8.50. The van der Waals surface area contributed by atoms with Crippen LogP contribution >= 0.6 is 12.2 Å². The Kier molecular flexibility index (Phi) is 6.38. The highest BCUT2D eigenvalue weighted by Gasteiger charge is 2.59. The van der Waals surface area contributed by atoms with Gasteiger partial charge >= 0.3 is 12.1 Å². The summed E-state index contributed by atoms with van der Waals surface area (Å²) in [5, 5.41) is 0.0770. The quantitative estimate of drug-likeness (QED) is 0.222. The maximum Gasteiger partial charge on any atom is 0.407 e. The molecule has 1 aliphatic carbocycles. The Morgan fingerprint density at radius 2 is 1.86 bits per heavy atom. The Labute approximate surface area is 205 Å². The molecule has 10 heteroatoms. The zero-order valence-electron chi connectivity index (χ0n) is 18.6. The van der Waals surface area contributed by atoms with Crippen molar-refractivity contribution in [1.82, 2.24) is 0 Å². The van der Waals surface area contributed by atoms with Gasteiger partial charge < -0.3 is 9.64 Å². The van der Waals surface area contributed by atoms with Crippen LogP contribution in [-0.2, 0) is 20.5 Å². The summed E-state index contributed by atoms with van der Waals surface area (Å²) >= 11 is 5.61. The number of carbonyl (C=O) groups excluding carboxylic acids is 2. The molecule has 2 aliphatic rings. The van der Waals surface area contributed by atoms with Gasteiger partial charge in [0.15, 0.2) is 10.8 Å². The number of benzene rings is 2. The normalized spacial score (nSPS) is 17.1. The van der Waals surface area contributed by atoms with Crippen molar-refractivity contribution in [3.8, 4) is 0 Å². The molecule has 2 aromatic carbocycles. The van der Waals surface area contributed by atoms with Crippen molar-refractivity contribution >= 4 is 52.3 Å². The van der Waals surface area contributed by atoms with Gasteiger partial charge in [-0.1, -0.05) is 18.2 Å². The summed E-state index contributed by atoms with van der Waals surface area (Å²) in [6.07, 6.45) is -0.0377. The van der Waals surface area contributed by atoms with Crippen LogP contribution in [0, 0.1) is 6.57 Å². The van der Waals surface area contributed by atoms with E-state index in [1.165, 1.54) is 12.1 Å². The van der Waals surface area contributed by atoms with E-state index in [9.17, 15) is 22.8 Å². The van der Waals surface area contributed by atoms with Gasteiger partial charge in [0.2, 0.25) is 0 Å². The van der Waals surface area contributed by atoms with E-state index in [-0.39, 0.29) is 23.3 Å². The number of ether oxygens (including phenoxy) is 1. The molecule has 0 bridgehead atoms. The minimum absolute atomic E-state index is 0.0255. The van der Waals surface area contributed by atoms with Crippen LogP contribution in [0.15, 0.2) is 48.5 Å². The fourth-order valence-corrected chi connectivity index (χ4v) is 4.75. The summed E-state index contributed by atoms with van der Waals surface area (Å²) in [5.41, 5.74) is -1.30. The molecule has 1 heterocycles. The molecular formula is C25H20F3N3O3S. The van der Waals surface area contributed by atoms with E-state index in [1.807, 2.05) is 0 Å². The molecule has 0 aromatic heterocycles. The van der Waals surface area contributed by atoms with E-state index >= 15 is 0 Å². The number of nitrogens with zero attached hydrogens (tertiary/aromatic N) is 3. The second-order valence-electron chi connectivity index (χ2n) is 8.13. The largest absolute Gasteiger partial charge is 0.463 e. The van der Waals surface area contributed by atoms with Crippen molar-refractivity contribution in [1.29, 1.82) is 0 Å². The zero-order valence-corrected chi connectivity index (χ0v) is 19.4. The lowest BCUT2D eigenvalue weighted by molar-refractivity contribution is -0.137. The Balaban J connectivity index is 1.68. The summed E-state index contributed by atoms with van der Waals surface area (Å²) in [5.74, 6) is -0.849. The van der Waals surface area contributed by atoms with Crippen LogP contribution in [0.5, 0.6) is 0 Å². The fourth-order valence-electron chi connectivity index (χ4n) is 4.28. The smallest absolute Gasteiger partial charge is 0.407 e. The van der Waals surface area contributed by atoms with E-state index in [0.29, 0.717) is 18.5 Å². The van der Waals surface area contributed by atoms with E-state index in [4.69, 9.17) is 23.5 Å². The molecule has 1 spiro atoms. The highest BCUT2D eigenvalue weighted by Crippen LogP contribution is 2.48. The standard InChI is InChI=1S/C25H20F3N3O3S/c1-3-34-21(32)12-7-16-5-8-17(9-6-16)31-23(35)30(22(33)24(31)13-4-14-24)18-10-11-20(29-2)19(15-18)25(26,27)28/h5-12,15H,3-4,13-14H2,1H3. The number of esters is 1. The molecule has 1 aliphatic heterocycles. The summed E-state index contributed by atoms with van der Waals surface area (Å²) < 4.78 is 45.5. The van der Waals surface area contributed by atoms with Crippen LogP contribution in [0.1, 0.15) is 37.3 Å². The van der Waals surface area contributed by atoms with Crippen molar-refractivity contribution in [3.05, 3.63) is 71.1 Å². The predicted molar refractivity (Wildman–Crippen MR) is 129 cm³/mol. The summed E-state index contributed by atoms with van der Waals surface area (Å²) in [6, 6.07) is 10.2. The van der Waals surface area contributed by atoms with Gasteiger partial charge in [0.1, 0.15) is 5.54 Å². The van der Waals surface area contributed by atoms with Crippen molar-refractivity contribution in [2.75, 3.05) is 16.4 Å². The van der Waals surface area contributed by atoms with Crippen molar-refractivity contribution in [2.24, 2.45) is 0 Å². The zero-order chi connectivity index (χ0) is 25.4. The lowest BCUT2D eigenvalue weighted by atomic mass is 9.75.